The number of hydrogen-bond acceptors (Lipinski definition) is 4. The zero-order valence-corrected chi connectivity index (χ0v) is 10.6. The summed E-state index contributed by atoms with van der Waals surface area (Å²) in [5.74, 6) is -0.502. The fraction of sp³-hybridized carbons (Fsp3) is 0.300. The van der Waals surface area contributed by atoms with Crippen molar-refractivity contribution in [2.24, 2.45) is 0 Å². The van der Waals surface area contributed by atoms with E-state index in [0.717, 1.165) is 0 Å². The summed E-state index contributed by atoms with van der Waals surface area (Å²) in [6.07, 6.45) is -1.01. The first-order valence-electron chi connectivity index (χ1n) is 4.25. The van der Waals surface area contributed by atoms with E-state index in [1.54, 1.807) is 30.3 Å². The van der Waals surface area contributed by atoms with Gasteiger partial charge in [-0.3, -0.25) is 0 Å². The van der Waals surface area contributed by atoms with Gasteiger partial charge in [0.1, 0.15) is 12.7 Å². The number of rotatable bonds is 4. The first kappa shape index (κ1) is 14.6. The molecule has 77 valence electrons. The van der Waals surface area contributed by atoms with Gasteiger partial charge in [-0.25, -0.2) is 4.79 Å². The van der Waals surface area contributed by atoms with E-state index in [9.17, 15) is 4.79 Å². The van der Waals surface area contributed by atoms with Crippen LogP contribution < -0.4 is 0 Å². The molecule has 0 heterocycles. The van der Waals surface area contributed by atoms with Gasteiger partial charge in [0, 0.05) is 29.6 Å². The molecule has 0 bridgehead atoms. The van der Waals surface area contributed by atoms with Crippen LogP contribution in [0.15, 0.2) is 30.3 Å². The van der Waals surface area contributed by atoms with Gasteiger partial charge in [0.05, 0.1) is 12.2 Å². The van der Waals surface area contributed by atoms with Gasteiger partial charge in [0.25, 0.3) is 0 Å². The van der Waals surface area contributed by atoms with Crippen molar-refractivity contribution < 1.29 is 19.7 Å². The number of esters is 1. The van der Waals surface area contributed by atoms with Crippen LogP contribution in [0.5, 0.6) is 0 Å². The summed E-state index contributed by atoms with van der Waals surface area (Å²) in [5, 5.41) is 17.4. The first-order chi connectivity index (χ1) is 6.74. The van der Waals surface area contributed by atoms with Crippen LogP contribution in [0.1, 0.15) is 10.4 Å². The molecule has 4 nitrogen and oxygen atoms in total. The van der Waals surface area contributed by atoms with Crippen LogP contribution in [0, 0.1) is 0 Å². The smallest absolute Gasteiger partial charge is 0.338 e. The molecule has 2 N–H and O–H groups in total. The van der Waals surface area contributed by atoms with E-state index in [1.165, 1.54) is 0 Å². The third-order valence-electron chi connectivity index (χ3n) is 1.63. The van der Waals surface area contributed by atoms with Crippen LogP contribution in [0.3, 0.4) is 0 Å². The maximum absolute atomic E-state index is 11.3. The number of aliphatic hydroxyl groups is 2. The van der Waals surface area contributed by atoms with E-state index in [-0.39, 0.29) is 36.2 Å². The van der Waals surface area contributed by atoms with Gasteiger partial charge in [0.15, 0.2) is 0 Å². The minimum absolute atomic E-state index is 0. The Bertz CT molecular complexity index is 289. The second kappa shape index (κ2) is 7.84. The average molecular weight is 219 g/mol. The maximum Gasteiger partial charge on any atom is 0.338 e. The Morgan fingerprint density at radius 2 is 1.93 bits per heavy atom. The fourth-order valence-corrected chi connectivity index (χ4v) is 0.882. The monoisotopic (exact) mass is 219 g/mol. The number of ether oxygens (including phenoxy) is 1. The molecule has 1 unspecified atom stereocenters. The van der Waals surface area contributed by atoms with Crippen LogP contribution in [-0.2, 0) is 4.74 Å². The second-order valence-corrected chi connectivity index (χ2v) is 2.80. The third kappa shape index (κ3) is 5.30. The molecule has 0 amide bonds. The molecular formula is C10H12NaO4. The molecule has 1 rings (SSSR count). The molecule has 0 saturated heterocycles. The number of carbonyl (C=O) groups is 1. The van der Waals surface area contributed by atoms with Crippen molar-refractivity contribution in [3.8, 4) is 0 Å². The molecular weight excluding hydrogens is 207 g/mol. The van der Waals surface area contributed by atoms with Crippen LogP contribution in [0.2, 0.25) is 0 Å². The summed E-state index contributed by atoms with van der Waals surface area (Å²) >= 11 is 0. The van der Waals surface area contributed by atoms with Crippen molar-refractivity contribution in [1.82, 2.24) is 0 Å². The summed E-state index contributed by atoms with van der Waals surface area (Å²) in [7, 11) is 0. The Morgan fingerprint density at radius 3 is 2.47 bits per heavy atom. The van der Waals surface area contributed by atoms with E-state index in [1.807, 2.05) is 0 Å². The van der Waals surface area contributed by atoms with Gasteiger partial charge in [-0.15, -0.1) is 0 Å². The van der Waals surface area contributed by atoms with Crippen molar-refractivity contribution in [3.05, 3.63) is 35.9 Å². The largest absolute Gasteiger partial charge is 0.459 e. The summed E-state index contributed by atoms with van der Waals surface area (Å²) in [5.41, 5.74) is 0.428. The van der Waals surface area contributed by atoms with E-state index >= 15 is 0 Å². The molecule has 15 heavy (non-hydrogen) atoms. The van der Waals surface area contributed by atoms with E-state index in [0.29, 0.717) is 5.56 Å². The van der Waals surface area contributed by atoms with Crippen LogP contribution in [0.4, 0.5) is 0 Å². The Hall–Kier alpha value is -0.390. The maximum atomic E-state index is 11.3. The Kier molecular flexibility index (Phi) is 7.64. The molecule has 0 aliphatic carbocycles. The SMILES string of the molecule is O=C(OCC(O)CO)c1ccccc1.[Na]. The molecule has 0 fully saturated rings. The van der Waals surface area contributed by atoms with Crippen molar-refractivity contribution in [1.29, 1.82) is 0 Å². The summed E-state index contributed by atoms with van der Waals surface area (Å²) in [4.78, 5) is 11.3. The summed E-state index contributed by atoms with van der Waals surface area (Å²) in [6.45, 7) is -0.605. The molecule has 0 aliphatic heterocycles. The summed E-state index contributed by atoms with van der Waals surface area (Å²) < 4.78 is 4.73. The van der Waals surface area contributed by atoms with Gasteiger partial charge in [0.2, 0.25) is 0 Å². The Labute approximate surface area is 110 Å². The van der Waals surface area contributed by atoms with Gasteiger partial charge < -0.3 is 14.9 Å². The molecule has 0 saturated carbocycles. The molecule has 0 spiro atoms. The fourth-order valence-electron chi connectivity index (χ4n) is 0.882. The quantitative estimate of drug-likeness (QED) is 0.544. The average Bonchev–Trinajstić information content (AvgIpc) is 2.26. The Balaban J connectivity index is 0.00000196. The zero-order chi connectivity index (χ0) is 10.4. The molecule has 1 aromatic rings. The number of benzene rings is 1. The number of carbonyl (C=O) groups excluding carboxylic acids is 1. The molecule has 0 aromatic heterocycles. The van der Waals surface area contributed by atoms with E-state index < -0.39 is 18.7 Å². The predicted molar refractivity (Wildman–Crippen MR) is 55.6 cm³/mol. The minimum atomic E-state index is -1.01. The molecule has 1 radical (unpaired) electrons. The Morgan fingerprint density at radius 1 is 1.33 bits per heavy atom. The summed E-state index contributed by atoms with van der Waals surface area (Å²) in [6, 6.07) is 8.47. The first-order valence-corrected chi connectivity index (χ1v) is 4.25. The van der Waals surface area contributed by atoms with Crippen molar-refractivity contribution >= 4 is 35.5 Å². The van der Waals surface area contributed by atoms with E-state index in [4.69, 9.17) is 14.9 Å². The van der Waals surface area contributed by atoms with Crippen LogP contribution in [-0.4, -0.2) is 65.1 Å². The molecule has 1 atom stereocenters. The predicted octanol–water partition coefficient (Wildman–Crippen LogP) is -0.184. The molecule has 0 aliphatic rings. The van der Waals surface area contributed by atoms with Crippen molar-refractivity contribution in [3.63, 3.8) is 0 Å². The normalized spacial score (nSPS) is 11.3. The van der Waals surface area contributed by atoms with Crippen molar-refractivity contribution in [2.75, 3.05) is 13.2 Å². The van der Waals surface area contributed by atoms with Crippen LogP contribution in [0.25, 0.3) is 0 Å². The third-order valence-corrected chi connectivity index (χ3v) is 1.63. The number of aliphatic hydroxyl groups excluding tert-OH is 2. The van der Waals surface area contributed by atoms with Crippen molar-refractivity contribution in [2.45, 2.75) is 6.10 Å². The van der Waals surface area contributed by atoms with E-state index in [2.05, 4.69) is 0 Å². The topological polar surface area (TPSA) is 66.8 Å². The zero-order valence-electron chi connectivity index (χ0n) is 8.59. The van der Waals surface area contributed by atoms with Crippen LogP contribution >= 0.6 is 0 Å². The number of hydrogen-bond donors (Lipinski definition) is 2. The van der Waals surface area contributed by atoms with Gasteiger partial charge >= 0.3 is 5.97 Å². The van der Waals surface area contributed by atoms with Gasteiger partial charge in [-0.1, -0.05) is 18.2 Å². The van der Waals surface area contributed by atoms with Gasteiger partial charge in [-0.2, -0.15) is 0 Å². The minimum Gasteiger partial charge on any atom is -0.459 e. The van der Waals surface area contributed by atoms with Gasteiger partial charge in [-0.05, 0) is 12.1 Å². The standard InChI is InChI=1S/C10H12O4.Na/c11-6-9(12)7-14-10(13)8-4-2-1-3-5-8;/h1-5,9,11-12H,6-7H2;. The second-order valence-electron chi connectivity index (χ2n) is 2.80. The molecule has 5 heteroatoms. The molecule has 1 aromatic carbocycles.